The minimum absolute atomic E-state index is 0.0587. The van der Waals surface area contributed by atoms with Crippen LogP contribution in [0.2, 0.25) is 0 Å². The van der Waals surface area contributed by atoms with E-state index >= 15 is 0 Å². The van der Waals surface area contributed by atoms with Gasteiger partial charge in [0.2, 0.25) is 0 Å². The Morgan fingerprint density at radius 1 is 0.739 bits per heavy atom. The molecule has 0 radical (unpaired) electrons. The summed E-state index contributed by atoms with van der Waals surface area (Å²) in [5, 5.41) is 26.9. The summed E-state index contributed by atoms with van der Waals surface area (Å²) in [6.45, 7) is 2.26. The van der Waals surface area contributed by atoms with Gasteiger partial charge >= 0.3 is 0 Å². The second kappa shape index (κ2) is 12.7. The van der Waals surface area contributed by atoms with Crippen LogP contribution in [0.5, 0.6) is 0 Å². The van der Waals surface area contributed by atoms with Crippen LogP contribution in [0.4, 0.5) is 0 Å². The Morgan fingerprint density at radius 2 is 1.13 bits per heavy atom. The standard InChI is InChI=1S/C18H29N3P2/c1-2-13-22(14-5-10-19)17-8-3-4-9-18(17)23(15-6-11-20)16-7-12-21/h17-18H,2-9,13-16H2,1H3. The van der Waals surface area contributed by atoms with E-state index in [4.69, 9.17) is 15.8 Å². The van der Waals surface area contributed by atoms with Gasteiger partial charge in [0.15, 0.2) is 0 Å². The van der Waals surface area contributed by atoms with Crippen LogP contribution in [0.15, 0.2) is 0 Å². The van der Waals surface area contributed by atoms with Crippen molar-refractivity contribution < 1.29 is 0 Å². The van der Waals surface area contributed by atoms with Gasteiger partial charge in [-0.05, 0) is 48.8 Å². The molecular weight excluding hydrogens is 320 g/mol. The van der Waals surface area contributed by atoms with Gasteiger partial charge in [-0.15, -0.1) is 15.8 Å². The average Bonchev–Trinajstić information content (AvgIpc) is 2.59. The first-order chi connectivity index (χ1) is 11.3. The lowest BCUT2D eigenvalue weighted by atomic mass is 9.99. The molecule has 0 bridgehead atoms. The summed E-state index contributed by atoms with van der Waals surface area (Å²) >= 11 is 0. The lowest BCUT2D eigenvalue weighted by molar-refractivity contribution is 0.515. The van der Waals surface area contributed by atoms with E-state index in [2.05, 4.69) is 25.1 Å². The van der Waals surface area contributed by atoms with E-state index in [1.165, 1.54) is 38.3 Å². The van der Waals surface area contributed by atoms with Gasteiger partial charge in [0.25, 0.3) is 0 Å². The molecule has 0 heterocycles. The zero-order valence-electron chi connectivity index (χ0n) is 14.4. The topological polar surface area (TPSA) is 71.4 Å². The normalized spacial score (nSPS) is 22.0. The minimum atomic E-state index is -0.200. The molecule has 1 saturated carbocycles. The van der Waals surface area contributed by atoms with Crippen molar-refractivity contribution in [2.24, 2.45) is 0 Å². The lowest BCUT2D eigenvalue weighted by Crippen LogP contribution is -2.30. The molecule has 0 spiro atoms. The third-order valence-corrected chi connectivity index (χ3v) is 11.4. The van der Waals surface area contributed by atoms with Crippen molar-refractivity contribution in [2.75, 3.05) is 24.6 Å². The van der Waals surface area contributed by atoms with Crippen LogP contribution in [-0.2, 0) is 0 Å². The predicted molar refractivity (Wildman–Crippen MR) is 100 cm³/mol. The summed E-state index contributed by atoms with van der Waals surface area (Å²) in [5.74, 6) is 0. The van der Waals surface area contributed by atoms with E-state index in [0.29, 0.717) is 19.3 Å². The fourth-order valence-corrected chi connectivity index (χ4v) is 10.7. The Morgan fingerprint density at radius 3 is 1.48 bits per heavy atom. The van der Waals surface area contributed by atoms with Crippen molar-refractivity contribution in [2.45, 2.75) is 69.6 Å². The highest BCUT2D eigenvalue weighted by molar-refractivity contribution is 7.62. The van der Waals surface area contributed by atoms with E-state index in [1.54, 1.807) is 0 Å². The van der Waals surface area contributed by atoms with Crippen LogP contribution in [0.3, 0.4) is 0 Å². The number of hydrogen-bond donors (Lipinski definition) is 0. The molecule has 0 aromatic rings. The number of nitrogens with zero attached hydrogens (tertiary/aromatic N) is 3. The molecule has 3 unspecified atom stereocenters. The minimum Gasteiger partial charge on any atom is -0.198 e. The molecule has 0 N–H and O–H groups in total. The van der Waals surface area contributed by atoms with Crippen LogP contribution in [-0.4, -0.2) is 36.0 Å². The number of nitriles is 3. The number of hydrogen-bond acceptors (Lipinski definition) is 3. The first-order valence-electron chi connectivity index (χ1n) is 8.87. The molecule has 126 valence electrons. The fourth-order valence-electron chi connectivity index (χ4n) is 3.70. The molecule has 1 rings (SSSR count). The van der Waals surface area contributed by atoms with Crippen molar-refractivity contribution in [1.82, 2.24) is 0 Å². The predicted octanol–water partition coefficient (Wildman–Crippen LogP) is 5.41. The van der Waals surface area contributed by atoms with E-state index in [0.717, 1.165) is 29.8 Å². The Bertz CT molecular complexity index is 429. The van der Waals surface area contributed by atoms with Gasteiger partial charge < -0.3 is 0 Å². The molecule has 23 heavy (non-hydrogen) atoms. The molecule has 5 heteroatoms. The van der Waals surface area contributed by atoms with Gasteiger partial charge in [0.05, 0.1) is 18.2 Å². The Labute approximate surface area is 144 Å². The van der Waals surface area contributed by atoms with E-state index in [1.807, 2.05) is 0 Å². The van der Waals surface area contributed by atoms with Crippen LogP contribution < -0.4 is 0 Å². The average molecular weight is 349 g/mol. The summed E-state index contributed by atoms with van der Waals surface area (Å²) < 4.78 is 0. The van der Waals surface area contributed by atoms with Crippen LogP contribution in [0, 0.1) is 34.0 Å². The number of rotatable bonds is 10. The van der Waals surface area contributed by atoms with Gasteiger partial charge in [0.1, 0.15) is 0 Å². The molecule has 0 saturated heterocycles. The van der Waals surface area contributed by atoms with Crippen molar-refractivity contribution in [1.29, 1.82) is 15.8 Å². The molecule has 0 aliphatic heterocycles. The monoisotopic (exact) mass is 349 g/mol. The first kappa shape index (κ1) is 20.4. The SMILES string of the molecule is CCCP(CCC#N)C1CCCCC1P(CCC#N)CCC#N. The first-order valence-corrected chi connectivity index (χ1v) is 12.4. The van der Waals surface area contributed by atoms with Crippen molar-refractivity contribution in [3.63, 3.8) is 0 Å². The largest absolute Gasteiger partial charge is 0.198 e. The Balaban J connectivity index is 2.84. The Hall–Kier alpha value is -0.670. The third-order valence-electron chi connectivity index (χ3n) is 4.68. The highest BCUT2D eigenvalue weighted by atomic mass is 31.1. The summed E-state index contributed by atoms with van der Waals surface area (Å²) in [7, 11) is -0.258. The molecule has 0 amide bonds. The summed E-state index contributed by atoms with van der Waals surface area (Å²) in [4.78, 5) is 0. The van der Waals surface area contributed by atoms with Crippen LogP contribution >= 0.6 is 15.8 Å². The molecular formula is C18H29N3P2. The maximum absolute atomic E-state index is 8.98. The van der Waals surface area contributed by atoms with Crippen LogP contribution in [0.25, 0.3) is 0 Å². The third kappa shape index (κ3) is 7.17. The smallest absolute Gasteiger partial charge is 0.0625 e. The lowest BCUT2D eigenvalue weighted by Gasteiger charge is -2.42. The maximum atomic E-state index is 8.98. The van der Waals surface area contributed by atoms with Gasteiger partial charge in [-0.2, -0.15) is 15.8 Å². The highest BCUT2D eigenvalue weighted by Crippen LogP contribution is 2.58. The van der Waals surface area contributed by atoms with Crippen LogP contribution in [0.1, 0.15) is 58.3 Å². The van der Waals surface area contributed by atoms with Gasteiger partial charge in [0, 0.05) is 19.3 Å². The van der Waals surface area contributed by atoms with Crippen molar-refractivity contribution in [3.8, 4) is 18.2 Å². The zero-order chi connectivity index (χ0) is 16.9. The highest BCUT2D eigenvalue weighted by Gasteiger charge is 2.35. The van der Waals surface area contributed by atoms with Crippen molar-refractivity contribution >= 4 is 15.8 Å². The second-order valence-electron chi connectivity index (χ2n) is 6.22. The van der Waals surface area contributed by atoms with Gasteiger partial charge in [-0.3, -0.25) is 0 Å². The Kier molecular flexibility index (Phi) is 11.3. The molecule has 0 aromatic heterocycles. The molecule has 1 aliphatic rings. The zero-order valence-corrected chi connectivity index (χ0v) is 16.2. The second-order valence-corrected chi connectivity index (χ2v) is 11.7. The molecule has 0 aromatic carbocycles. The molecule has 1 aliphatic carbocycles. The summed E-state index contributed by atoms with van der Waals surface area (Å²) in [6, 6.07) is 6.97. The van der Waals surface area contributed by atoms with E-state index in [9.17, 15) is 0 Å². The summed E-state index contributed by atoms with van der Waals surface area (Å²) in [5.41, 5.74) is 1.53. The molecule has 1 fully saturated rings. The molecule has 3 nitrogen and oxygen atoms in total. The fraction of sp³-hybridized carbons (Fsp3) is 0.833. The molecule has 3 atom stereocenters. The van der Waals surface area contributed by atoms with E-state index < -0.39 is 0 Å². The van der Waals surface area contributed by atoms with Crippen molar-refractivity contribution in [3.05, 3.63) is 0 Å². The quantitative estimate of drug-likeness (QED) is 0.495. The maximum Gasteiger partial charge on any atom is 0.0625 e. The van der Waals surface area contributed by atoms with Gasteiger partial charge in [-0.1, -0.05) is 26.2 Å². The summed E-state index contributed by atoms with van der Waals surface area (Å²) in [6.07, 6.45) is 12.9. The van der Waals surface area contributed by atoms with Gasteiger partial charge in [-0.25, -0.2) is 0 Å². The van der Waals surface area contributed by atoms with E-state index in [-0.39, 0.29) is 15.8 Å².